The minimum absolute atomic E-state index is 0.126. The molecule has 112 valence electrons. The van der Waals surface area contributed by atoms with Crippen LogP contribution in [0.2, 0.25) is 0 Å². The smallest absolute Gasteiger partial charge is 0.309 e. The highest BCUT2D eigenvalue weighted by Gasteiger charge is 2.35. The number of rotatable bonds is 4. The highest BCUT2D eigenvalue weighted by Crippen LogP contribution is 2.29. The van der Waals surface area contributed by atoms with Crippen LogP contribution in [0.3, 0.4) is 0 Å². The molecular formula is C15H21F3N2. The van der Waals surface area contributed by atoms with E-state index in [-0.39, 0.29) is 12.0 Å². The van der Waals surface area contributed by atoms with Crippen LogP contribution in [0.15, 0.2) is 30.3 Å². The van der Waals surface area contributed by atoms with Crippen molar-refractivity contribution in [1.29, 1.82) is 0 Å². The Bertz CT molecular complexity index is 405. The van der Waals surface area contributed by atoms with Gasteiger partial charge in [0.25, 0.3) is 0 Å². The molecule has 1 aromatic rings. The average molecular weight is 286 g/mol. The van der Waals surface area contributed by atoms with E-state index in [2.05, 4.69) is 5.32 Å². The third kappa shape index (κ3) is 5.13. The maximum atomic E-state index is 12.5. The zero-order chi connectivity index (χ0) is 14.6. The molecule has 0 radical (unpaired) electrons. The van der Waals surface area contributed by atoms with Gasteiger partial charge in [-0.05, 0) is 24.9 Å². The summed E-state index contributed by atoms with van der Waals surface area (Å²) in [4.78, 5) is 1.99. The first-order chi connectivity index (χ1) is 9.42. The van der Waals surface area contributed by atoms with Gasteiger partial charge in [-0.15, -0.1) is 0 Å². The molecule has 0 amide bonds. The number of nitrogens with one attached hydrogen (secondary N) is 1. The predicted octanol–water partition coefficient (Wildman–Crippen LogP) is 3.05. The largest absolute Gasteiger partial charge is 0.389 e. The maximum absolute atomic E-state index is 12.5. The summed E-state index contributed by atoms with van der Waals surface area (Å²) < 4.78 is 37.5. The van der Waals surface area contributed by atoms with Crippen LogP contribution in [0.4, 0.5) is 13.2 Å². The van der Waals surface area contributed by atoms with E-state index in [4.69, 9.17) is 0 Å². The molecular weight excluding hydrogens is 265 g/mol. The van der Waals surface area contributed by atoms with Gasteiger partial charge in [0, 0.05) is 32.1 Å². The lowest BCUT2D eigenvalue weighted by atomic mass is 9.91. The lowest BCUT2D eigenvalue weighted by Crippen LogP contribution is -2.48. The van der Waals surface area contributed by atoms with Gasteiger partial charge < -0.3 is 10.2 Å². The number of halogens is 3. The van der Waals surface area contributed by atoms with Crippen molar-refractivity contribution in [3.05, 3.63) is 35.9 Å². The van der Waals surface area contributed by atoms with E-state index in [0.717, 1.165) is 12.1 Å². The standard InChI is InChI=1S/C15H21F3N2/c1-20-10-13(8-15(16,17)18)7-14(11-20)19-9-12-5-3-2-4-6-12/h2-6,13-14,19H,7-11H2,1H3. The number of likely N-dealkylation sites (tertiary alicyclic amines) is 1. The van der Waals surface area contributed by atoms with E-state index in [1.165, 1.54) is 0 Å². The third-order valence-corrected chi connectivity index (χ3v) is 3.68. The van der Waals surface area contributed by atoms with Gasteiger partial charge in [0.2, 0.25) is 0 Å². The van der Waals surface area contributed by atoms with Crippen LogP contribution < -0.4 is 5.32 Å². The van der Waals surface area contributed by atoms with Crippen LogP contribution in [0.1, 0.15) is 18.4 Å². The summed E-state index contributed by atoms with van der Waals surface area (Å²) >= 11 is 0. The SMILES string of the molecule is CN1CC(CC(F)(F)F)CC(NCc2ccccc2)C1. The van der Waals surface area contributed by atoms with Crippen LogP contribution in [0, 0.1) is 5.92 Å². The predicted molar refractivity (Wildman–Crippen MR) is 73.3 cm³/mol. The Morgan fingerprint density at radius 3 is 2.55 bits per heavy atom. The topological polar surface area (TPSA) is 15.3 Å². The second-order valence-electron chi connectivity index (χ2n) is 5.71. The number of piperidine rings is 1. The molecule has 5 heteroatoms. The molecule has 2 atom stereocenters. The van der Waals surface area contributed by atoms with Gasteiger partial charge in [-0.3, -0.25) is 0 Å². The van der Waals surface area contributed by atoms with Crippen molar-refractivity contribution in [2.75, 3.05) is 20.1 Å². The summed E-state index contributed by atoms with van der Waals surface area (Å²) in [5.74, 6) is -0.304. The zero-order valence-electron chi connectivity index (χ0n) is 11.7. The van der Waals surface area contributed by atoms with Crippen molar-refractivity contribution >= 4 is 0 Å². The molecule has 20 heavy (non-hydrogen) atoms. The van der Waals surface area contributed by atoms with E-state index in [1.807, 2.05) is 42.3 Å². The molecule has 1 fully saturated rings. The lowest BCUT2D eigenvalue weighted by molar-refractivity contribution is -0.148. The Morgan fingerprint density at radius 1 is 1.20 bits per heavy atom. The molecule has 2 unspecified atom stereocenters. The molecule has 1 aliphatic heterocycles. The number of hydrogen-bond donors (Lipinski definition) is 1. The number of benzene rings is 1. The Morgan fingerprint density at radius 2 is 1.90 bits per heavy atom. The Hall–Kier alpha value is -1.07. The molecule has 0 bridgehead atoms. The Kier molecular flexibility index (Phi) is 5.05. The first kappa shape index (κ1) is 15.3. The first-order valence-electron chi connectivity index (χ1n) is 6.95. The second kappa shape index (κ2) is 6.59. The van der Waals surface area contributed by atoms with Crippen molar-refractivity contribution in [1.82, 2.24) is 10.2 Å². The second-order valence-corrected chi connectivity index (χ2v) is 5.71. The van der Waals surface area contributed by atoms with Crippen LogP contribution in [0.25, 0.3) is 0 Å². The van der Waals surface area contributed by atoms with Crippen molar-refractivity contribution in [2.24, 2.45) is 5.92 Å². The molecule has 1 saturated heterocycles. The first-order valence-corrected chi connectivity index (χ1v) is 6.95. The van der Waals surface area contributed by atoms with E-state index < -0.39 is 12.6 Å². The van der Waals surface area contributed by atoms with E-state index >= 15 is 0 Å². The van der Waals surface area contributed by atoms with Gasteiger partial charge >= 0.3 is 6.18 Å². The van der Waals surface area contributed by atoms with Gasteiger partial charge in [-0.1, -0.05) is 30.3 Å². The molecule has 0 spiro atoms. The van der Waals surface area contributed by atoms with Crippen LogP contribution in [0.5, 0.6) is 0 Å². The molecule has 2 rings (SSSR count). The summed E-state index contributed by atoms with van der Waals surface area (Å²) in [6.07, 6.45) is -4.15. The van der Waals surface area contributed by atoms with Crippen LogP contribution in [-0.4, -0.2) is 37.3 Å². The van der Waals surface area contributed by atoms with Crippen molar-refractivity contribution in [3.8, 4) is 0 Å². The van der Waals surface area contributed by atoms with Gasteiger partial charge in [0.15, 0.2) is 0 Å². The molecule has 0 aromatic heterocycles. The summed E-state index contributed by atoms with van der Waals surface area (Å²) in [5.41, 5.74) is 1.16. The fourth-order valence-corrected chi connectivity index (χ4v) is 2.92. The minimum atomic E-state index is -4.06. The lowest BCUT2D eigenvalue weighted by Gasteiger charge is -2.36. The third-order valence-electron chi connectivity index (χ3n) is 3.68. The molecule has 1 aromatic carbocycles. The fourth-order valence-electron chi connectivity index (χ4n) is 2.92. The van der Waals surface area contributed by atoms with Gasteiger partial charge in [-0.25, -0.2) is 0 Å². The summed E-state index contributed by atoms with van der Waals surface area (Å²) in [6.45, 7) is 2.04. The van der Waals surface area contributed by atoms with Gasteiger partial charge in [0.1, 0.15) is 0 Å². The highest BCUT2D eigenvalue weighted by molar-refractivity contribution is 5.14. The fraction of sp³-hybridized carbons (Fsp3) is 0.600. The van der Waals surface area contributed by atoms with Crippen LogP contribution >= 0.6 is 0 Å². The number of likely N-dealkylation sites (N-methyl/N-ethyl adjacent to an activating group) is 1. The van der Waals surface area contributed by atoms with E-state index in [9.17, 15) is 13.2 Å². The molecule has 2 nitrogen and oxygen atoms in total. The monoisotopic (exact) mass is 286 g/mol. The van der Waals surface area contributed by atoms with Crippen LogP contribution in [-0.2, 0) is 6.54 Å². The normalized spacial score (nSPS) is 24.8. The Balaban J connectivity index is 1.85. The summed E-state index contributed by atoms with van der Waals surface area (Å²) in [6, 6.07) is 10.1. The number of alkyl halides is 3. The maximum Gasteiger partial charge on any atom is 0.389 e. The highest BCUT2D eigenvalue weighted by atomic mass is 19.4. The number of nitrogens with zero attached hydrogens (tertiary/aromatic N) is 1. The molecule has 1 N–H and O–H groups in total. The average Bonchev–Trinajstić information content (AvgIpc) is 2.35. The quantitative estimate of drug-likeness (QED) is 0.915. The molecule has 0 saturated carbocycles. The Labute approximate surface area is 118 Å². The summed E-state index contributed by atoms with van der Waals surface area (Å²) in [7, 11) is 1.89. The molecule has 1 aliphatic rings. The van der Waals surface area contributed by atoms with Crippen molar-refractivity contribution in [2.45, 2.75) is 31.6 Å². The molecule has 0 aliphatic carbocycles. The number of hydrogen-bond acceptors (Lipinski definition) is 2. The van der Waals surface area contributed by atoms with E-state index in [1.54, 1.807) is 0 Å². The van der Waals surface area contributed by atoms with Crippen molar-refractivity contribution in [3.63, 3.8) is 0 Å². The van der Waals surface area contributed by atoms with E-state index in [0.29, 0.717) is 19.5 Å². The summed E-state index contributed by atoms with van der Waals surface area (Å²) in [5, 5.41) is 3.38. The molecule has 1 heterocycles. The van der Waals surface area contributed by atoms with Gasteiger partial charge in [-0.2, -0.15) is 13.2 Å². The minimum Gasteiger partial charge on any atom is -0.309 e. The van der Waals surface area contributed by atoms with Gasteiger partial charge in [0.05, 0.1) is 0 Å². The van der Waals surface area contributed by atoms with Crippen molar-refractivity contribution < 1.29 is 13.2 Å². The zero-order valence-corrected chi connectivity index (χ0v) is 11.7.